The lowest BCUT2D eigenvalue weighted by atomic mass is 10.1. The average molecular weight is 336 g/mol. The largest absolute Gasteiger partial charge is 0.481 e. The summed E-state index contributed by atoms with van der Waals surface area (Å²) in [5.74, 6) is 0.387. The van der Waals surface area contributed by atoms with Crippen molar-refractivity contribution in [2.75, 3.05) is 5.32 Å². The van der Waals surface area contributed by atoms with Crippen molar-refractivity contribution in [3.63, 3.8) is 0 Å². The first kappa shape index (κ1) is 16.8. The molecular formula is C20H20N2O3. The number of carbonyl (C=O) groups is 1. The summed E-state index contributed by atoms with van der Waals surface area (Å²) in [7, 11) is 0. The second-order valence-electron chi connectivity index (χ2n) is 5.84. The quantitative estimate of drug-likeness (QED) is 0.749. The second kappa shape index (κ2) is 7.21. The number of nitrogens with one attached hydrogen (secondary N) is 2. The molecule has 2 aromatic carbocycles. The Kier molecular flexibility index (Phi) is 4.84. The number of ether oxygens (including phenoxy) is 1. The number of carbonyl (C=O) groups excluding carboxylic acids is 1. The Morgan fingerprint density at radius 3 is 2.64 bits per heavy atom. The summed E-state index contributed by atoms with van der Waals surface area (Å²) in [5, 5.41) is 3.81. The van der Waals surface area contributed by atoms with Crippen LogP contribution in [0, 0.1) is 0 Å². The van der Waals surface area contributed by atoms with Crippen LogP contribution in [0.15, 0.2) is 59.4 Å². The van der Waals surface area contributed by atoms with E-state index in [9.17, 15) is 9.59 Å². The van der Waals surface area contributed by atoms with Crippen molar-refractivity contribution in [1.82, 2.24) is 4.98 Å². The molecule has 0 bridgehead atoms. The summed E-state index contributed by atoms with van der Waals surface area (Å²) in [6, 6.07) is 16.3. The van der Waals surface area contributed by atoms with Crippen LogP contribution in [0.3, 0.4) is 0 Å². The van der Waals surface area contributed by atoms with Gasteiger partial charge < -0.3 is 15.0 Å². The fraction of sp³-hybridized carbons (Fsp3) is 0.200. The molecule has 3 aromatic rings. The normalized spacial score (nSPS) is 11.9. The van der Waals surface area contributed by atoms with Crippen LogP contribution in [0.1, 0.15) is 19.4 Å². The minimum Gasteiger partial charge on any atom is -0.481 e. The van der Waals surface area contributed by atoms with E-state index in [1.165, 1.54) is 0 Å². The third-order valence-corrected chi connectivity index (χ3v) is 4.00. The van der Waals surface area contributed by atoms with Gasteiger partial charge in [-0.3, -0.25) is 9.59 Å². The first-order chi connectivity index (χ1) is 12.1. The molecule has 5 heteroatoms. The molecule has 0 fully saturated rings. The van der Waals surface area contributed by atoms with E-state index in [2.05, 4.69) is 10.3 Å². The van der Waals surface area contributed by atoms with Gasteiger partial charge in [0.25, 0.3) is 5.91 Å². The molecular weight excluding hydrogens is 316 g/mol. The third kappa shape index (κ3) is 3.88. The molecule has 5 nitrogen and oxygen atoms in total. The molecule has 25 heavy (non-hydrogen) atoms. The monoisotopic (exact) mass is 336 g/mol. The molecule has 128 valence electrons. The zero-order valence-electron chi connectivity index (χ0n) is 14.2. The number of aromatic nitrogens is 1. The Morgan fingerprint density at radius 2 is 1.92 bits per heavy atom. The molecule has 0 saturated heterocycles. The highest BCUT2D eigenvalue weighted by atomic mass is 16.5. The minimum absolute atomic E-state index is 0.145. The fourth-order valence-corrected chi connectivity index (χ4v) is 2.70. The van der Waals surface area contributed by atoms with Gasteiger partial charge in [0.15, 0.2) is 6.10 Å². The van der Waals surface area contributed by atoms with Crippen LogP contribution in [0.2, 0.25) is 0 Å². The number of rotatable bonds is 5. The second-order valence-corrected chi connectivity index (χ2v) is 5.84. The van der Waals surface area contributed by atoms with Crippen LogP contribution in [0.5, 0.6) is 5.75 Å². The van der Waals surface area contributed by atoms with Crippen LogP contribution in [-0.4, -0.2) is 17.0 Å². The summed E-state index contributed by atoms with van der Waals surface area (Å²) in [6.07, 6.45) is 0.132. The Balaban J connectivity index is 1.78. The van der Waals surface area contributed by atoms with E-state index < -0.39 is 6.10 Å². The van der Waals surface area contributed by atoms with E-state index >= 15 is 0 Å². The molecule has 1 unspecified atom stereocenters. The van der Waals surface area contributed by atoms with Crippen molar-refractivity contribution in [2.45, 2.75) is 26.4 Å². The van der Waals surface area contributed by atoms with Crippen molar-refractivity contribution < 1.29 is 9.53 Å². The molecule has 0 aliphatic rings. The minimum atomic E-state index is -0.640. The zero-order chi connectivity index (χ0) is 17.8. The van der Waals surface area contributed by atoms with Gasteiger partial charge in [-0.05, 0) is 43.2 Å². The molecule has 0 saturated carbocycles. The number of pyridine rings is 1. The average Bonchev–Trinajstić information content (AvgIpc) is 2.61. The number of amides is 1. The first-order valence-electron chi connectivity index (χ1n) is 8.25. The number of aromatic amines is 1. The Morgan fingerprint density at radius 1 is 1.16 bits per heavy atom. The third-order valence-electron chi connectivity index (χ3n) is 4.00. The van der Waals surface area contributed by atoms with Crippen molar-refractivity contribution in [1.29, 1.82) is 0 Å². The number of benzene rings is 2. The molecule has 1 atom stereocenters. The highest BCUT2D eigenvalue weighted by Crippen LogP contribution is 2.20. The molecule has 0 aliphatic heterocycles. The Labute approximate surface area is 145 Å². The van der Waals surface area contributed by atoms with Crippen LogP contribution in [-0.2, 0) is 11.2 Å². The number of hydrogen-bond acceptors (Lipinski definition) is 3. The topological polar surface area (TPSA) is 71.2 Å². The maximum Gasteiger partial charge on any atom is 0.265 e. The molecule has 1 aromatic heterocycles. The summed E-state index contributed by atoms with van der Waals surface area (Å²) in [5.41, 5.74) is 2.16. The standard InChI is InChI=1S/C20H20N2O3/c1-3-14-11-19(23)22-18-12-15(9-10-17(14)18)21-20(24)13(2)25-16-7-5-4-6-8-16/h4-13H,3H2,1-2H3,(H,21,24)(H,22,23). The molecule has 1 heterocycles. The van der Waals surface area contributed by atoms with Gasteiger partial charge in [0.2, 0.25) is 5.56 Å². The van der Waals surface area contributed by atoms with Crippen LogP contribution in [0.25, 0.3) is 10.9 Å². The van der Waals surface area contributed by atoms with Gasteiger partial charge in [0, 0.05) is 17.1 Å². The van der Waals surface area contributed by atoms with Crippen LogP contribution < -0.4 is 15.6 Å². The highest BCUT2D eigenvalue weighted by Gasteiger charge is 2.15. The van der Waals surface area contributed by atoms with Crippen molar-refractivity contribution in [3.8, 4) is 5.75 Å². The number of aryl methyl sites for hydroxylation is 1. The van der Waals surface area contributed by atoms with Gasteiger partial charge in [0.1, 0.15) is 5.75 Å². The maximum atomic E-state index is 12.3. The summed E-state index contributed by atoms with van der Waals surface area (Å²) < 4.78 is 5.62. The number of fused-ring (bicyclic) bond motifs is 1. The number of para-hydroxylation sites is 1. The van der Waals surface area contributed by atoms with Crippen LogP contribution in [0.4, 0.5) is 5.69 Å². The number of anilines is 1. The summed E-state index contributed by atoms with van der Waals surface area (Å²) in [4.78, 5) is 26.9. The predicted octanol–water partition coefficient (Wildman–Crippen LogP) is 3.50. The van der Waals surface area contributed by atoms with E-state index in [0.29, 0.717) is 17.0 Å². The smallest absolute Gasteiger partial charge is 0.265 e. The van der Waals surface area contributed by atoms with Crippen molar-refractivity contribution in [3.05, 3.63) is 70.5 Å². The predicted molar refractivity (Wildman–Crippen MR) is 99.1 cm³/mol. The van der Waals surface area contributed by atoms with Gasteiger partial charge in [0.05, 0.1) is 5.52 Å². The lowest BCUT2D eigenvalue weighted by Crippen LogP contribution is -2.30. The number of hydrogen-bond donors (Lipinski definition) is 2. The Bertz CT molecular complexity index is 948. The highest BCUT2D eigenvalue weighted by molar-refractivity contribution is 5.96. The SMILES string of the molecule is CCc1cc(=O)[nH]c2cc(NC(=O)C(C)Oc3ccccc3)ccc12. The molecule has 3 rings (SSSR count). The number of H-pyrrole nitrogens is 1. The van der Waals surface area contributed by atoms with E-state index in [4.69, 9.17) is 4.74 Å². The van der Waals surface area contributed by atoms with Crippen molar-refractivity contribution in [2.24, 2.45) is 0 Å². The molecule has 1 amide bonds. The van der Waals surface area contributed by atoms with E-state index in [-0.39, 0.29) is 11.5 Å². The maximum absolute atomic E-state index is 12.3. The first-order valence-corrected chi connectivity index (χ1v) is 8.25. The van der Waals surface area contributed by atoms with E-state index in [1.807, 2.05) is 37.3 Å². The van der Waals surface area contributed by atoms with Gasteiger partial charge in [-0.15, -0.1) is 0 Å². The van der Waals surface area contributed by atoms with Gasteiger partial charge >= 0.3 is 0 Å². The molecule has 0 spiro atoms. The van der Waals surface area contributed by atoms with E-state index in [0.717, 1.165) is 17.4 Å². The summed E-state index contributed by atoms with van der Waals surface area (Å²) >= 11 is 0. The summed E-state index contributed by atoms with van der Waals surface area (Å²) in [6.45, 7) is 3.70. The van der Waals surface area contributed by atoms with Gasteiger partial charge in [-0.2, -0.15) is 0 Å². The van der Waals surface area contributed by atoms with Crippen molar-refractivity contribution >= 4 is 22.5 Å². The lowest BCUT2D eigenvalue weighted by molar-refractivity contribution is -0.122. The van der Waals surface area contributed by atoms with E-state index in [1.54, 1.807) is 31.2 Å². The fourth-order valence-electron chi connectivity index (χ4n) is 2.70. The molecule has 0 aliphatic carbocycles. The van der Waals surface area contributed by atoms with Gasteiger partial charge in [-0.1, -0.05) is 31.2 Å². The lowest BCUT2D eigenvalue weighted by Gasteiger charge is -2.15. The Hall–Kier alpha value is -3.08. The zero-order valence-corrected chi connectivity index (χ0v) is 14.2. The van der Waals surface area contributed by atoms with Gasteiger partial charge in [-0.25, -0.2) is 0 Å². The molecule has 0 radical (unpaired) electrons. The molecule has 2 N–H and O–H groups in total. The van der Waals surface area contributed by atoms with Crippen LogP contribution >= 0.6 is 0 Å².